The third-order valence-electron chi connectivity index (χ3n) is 2.93. The molecule has 0 saturated carbocycles. The molecular weight excluding hydrogens is 258 g/mol. The maximum Gasteiger partial charge on any atom is 0.267 e. The minimum absolute atomic E-state index is 0.157. The summed E-state index contributed by atoms with van der Waals surface area (Å²) < 4.78 is 1.76. The molecule has 4 nitrogen and oxygen atoms in total. The van der Waals surface area contributed by atoms with Crippen molar-refractivity contribution in [2.75, 3.05) is 0 Å². The molecule has 0 spiro atoms. The van der Waals surface area contributed by atoms with Crippen LogP contribution in [0.4, 0.5) is 0 Å². The van der Waals surface area contributed by atoms with Crippen LogP contribution in [-0.4, -0.2) is 14.5 Å². The highest BCUT2D eigenvalue weighted by Crippen LogP contribution is 2.09. The van der Waals surface area contributed by atoms with Crippen LogP contribution in [0.25, 0.3) is 16.7 Å². The van der Waals surface area contributed by atoms with Gasteiger partial charge in [-0.05, 0) is 42.9 Å². The number of hydrogen-bond acceptors (Lipinski definition) is 3. The lowest BCUT2D eigenvalue weighted by Gasteiger charge is -2.07. The number of fused-ring (bicyclic) bond motifs is 1. The molecule has 0 fully saturated rings. The Hall–Kier alpha value is -2.27. The number of benzene rings is 1. The van der Waals surface area contributed by atoms with E-state index < -0.39 is 0 Å². The lowest BCUT2D eigenvalue weighted by atomic mass is 10.2. The van der Waals surface area contributed by atoms with Crippen LogP contribution < -0.4 is 5.56 Å². The average Bonchev–Trinajstić information content (AvgIpc) is 2.41. The largest absolute Gasteiger partial charge is 0.331 e. The van der Waals surface area contributed by atoms with Gasteiger partial charge in [-0.3, -0.25) is 4.79 Å². The number of H-pyrrole nitrogens is 1. The lowest BCUT2D eigenvalue weighted by Crippen LogP contribution is -2.21. The predicted molar refractivity (Wildman–Crippen MR) is 77.3 cm³/mol. The molecule has 0 aliphatic carbocycles. The van der Waals surface area contributed by atoms with Crippen LogP contribution in [0.2, 0.25) is 0 Å². The van der Waals surface area contributed by atoms with Crippen molar-refractivity contribution in [3.8, 4) is 5.82 Å². The first-order valence-corrected chi connectivity index (χ1v) is 6.25. The van der Waals surface area contributed by atoms with Gasteiger partial charge in [0.25, 0.3) is 5.56 Å². The Bertz CT molecular complexity index is 862. The topological polar surface area (TPSA) is 50.7 Å². The van der Waals surface area contributed by atoms with Crippen molar-refractivity contribution in [2.45, 2.75) is 6.92 Å². The Morgan fingerprint density at radius 1 is 1.21 bits per heavy atom. The number of rotatable bonds is 1. The summed E-state index contributed by atoms with van der Waals surface area (Å²) in [5.74, 6) is 0.530. The third kappa shape index (κ3) is 1.98. The summed E-state index contributed by atoms with van der Waals surface area (Å²) in [5.41, 5.74) is 1.61. The van der Waals surface area contributed by atoms with E-state index in [-0.39, 0.29) is 5.56 Å². The number of para-hydroxylation sites is 1. The average molecular weight is 269 g/mol. The predicted octanol–water partition coefficient (Wildman–Crippen LogP) is 2.75. The fourth-order valence-electron chi connectivity index (χ4n) is 1.96. The summed E-state index contributed by atoms with van der Waals surface area (Å²) in [6.45, 7) is 1.95. The first-order chi connectivity index (χ1) is 9.16. The van der Waals surface area contributed by atoms with E-state index in [1.54, 1.807) is 18.3 Å². The van der Waals surface area contributed by atoms with Crippen molar-refractivity contribution < 1.29 is 0 Å². The number of nitrogens with zero attached hydrogens (tertiary/aromatic N) is 2. The van der Waals surface area contributed by atoms with Crippen molar-refractivity contribution in [3.63, 3.8) is 0 Å². The van der Waals surface area contributed by atoms with Crippen LogP contribution in [0.5, 0.6) is 0 Å². The number of nitrogens with one attached hydrogen (secondary N) is 1. The Kier molecular flexibility index (Phi) is 2.76. The number of aryl methyl sites for hydroxylation is 1. The van der Waals surface area contributed by atoms with Crippen LogP contribution in [-0.2, 0) is 0 Å². The summed E-state index contributed by atoms with van der Waals surface area (Å²) in [6, 6.07) is 11.0. The standard InChI is InChI=1S/C14H11N3OS/c1-9-6-7-12(15-8-9)17-13(18)10-4-2-3-5-11(10)16-14(17)19/h2-8H,1H3,(H,16,19). The molecule has 0 bridgehead atoms. The SMILES string of the molecule is Cc1ccc(-n2c(=S)[nH]c3ccccc3c2=O)nc1. The van der Waals surface area contributed by atoms with Gasteiger partial charge in [0, 0.05) is 6.20 Å². The molecule has 0 aliphatic heterocycles. The van der Waals surface area contributed by atoms with Gasteiger partial charge in [0.2, 0.25) is 0 Å². The zero-order valence-corrected chi connectivity index (χ0v) is 11.1. The Labute approximate surface area is 114 Å². The molecule has 0 aliphatic rings. The van der Waals surface area contributed by atoms with E-state index in [0.29, 0.717) is 16.0 Å². The van der Waals surface area contributed by atoms with Crippen LogP contribution in [0.15, 0.2) is 47.4 Å². The van der Waals surface area contributed by atoms with E-state index in [0.717, 1.165) is 11.1 Å². The quantitative estimate of drug-likeness (QED) is 0.691. The van der Waals surface area contributed by atoms with Gasteiger partial charge in [0.05, 0.1) is 10.9 Å². The fourth-order valence-corrected chi connectivity index (χ4v) is 2.25. The number of aromatic amines is 1. The number of hydrogen-bond donors (Lipinski definition) is 1. The van der Waals surface area contributed by atoms with E-state index in [9.17, 15) is 4.79 Å². The van der Waals surface area contributed by atoms with Gasteiger partial charge in [-0.1, -0.05) is 18.2 Å². The Morgan fingerprint density at radius 2 is 2.00 bits per heavy atom. The first kappa shape index (κ1) is 11.8. The van der Waals surface area contributed by atoms with Crippen LogP contribution in [0, 0.1) is 11.7 Å². The van der Waals surface area contributed by atoms with Crippen molar-refractivity contribution >= 4 is 23.1 Å². The summed E-state index contributed by atoms with van der Waals surface area (Å²) >= 11 is 5.25. The molecule has 0 saturated heterocycles. The van der Waals surface area contributed by atoms with Crippen molar-refractivity contribution in [1.82, 2.24) is 14.5 Å². The molecule has 1 N–H and O–H groups in total. The lowest BCUT2D eigenvalue weighted by molar-refractivity contribution is 0.899. The van der Waals surface area contributed by atoms with E-state index in [2.05, 4.69) is 9.97 Å². The normalized spacial score (nSPS) is 10.8. The van der Waals surface area contributed by atoms with Gasteiger partial charge >= 0.3 is 0 Å². The van der Waals surface area contributed by atoms with Gasteiger partial charge < -0.3 is 4.98 Å². The van der Waals surface area contributed by atoms with Crippen molar-refractivity contribution in [2.24, 2.45) is 0 Å². The molecule has 1 aromatic carbocycles. The molecule has 2 heterocycles. The fraction of sp³-hybridized carbons (Fsp3) is 0.0714. The number of aromatic nitrogens is 3. The van der Waals surface area contributed by atoms with Gasteiger partial charge in [-0.2, -0.15) is 0 Å². The molecular formula is C14H11N3OS. The maximum atomic E-state index is 12.5. The van der Waals surface area contributed by atoms with Gasteiger partial charge in [0.15, 0.2) is 4.77 Å². The summed E-state index contributed by atoms with van der Waals surface area (Å²) in [4.78, 5) is 19.8. The molecule has 94 valence electrons. The van der Waals surface area contributed by atoms with Crippen LogP contribution in [0.1, 0.15) is 5.56 Å². The van der Waals surface area contributed by atoms with Crippen molar-refractivity contribution in [1.29, 1.82) is 0 Å². The molecule has 0 amide bonds. The van der Waals surface area contributed by atoms with E-state index in [4.69, 9.17) is 12.2 Å². The molecule has 0 radical (unpaired) electrons. The number of pyridine rings is 1. The Morgan fingerprint density at radius 3 is 2.74 bits per heavy atom. The minimum atomic E-state index is -0.157. The Balaban J connectivity index is 2.39. The van der Waals surface area contributed by atoms with E-state index >= 15 is 0 Å². The molecule has 19 heavy (non-hydrogen) atoms. The molecule has 0 unspecified atom stereocenters. The summed E-state index contributed by atoms with van der Waals surface area (Å²) in [6.07, 6.45) is 1.71. The molecule has 2 aromatic heterocycles. The van der Waals surface area contributed by atoms with Crippen LogP contribution >= 0.6 is 12.2 Å². The second-order valence-corrected chi connectivity index (χ2v) is 4.70. The molecule has 3 rings (SSSR count). The van der Waals surface area contributed by atoms with Gasteiger partial charge in [-0.25, -0.2) is 9.55 Å². The van der Waals surface area contributed by atoms with Crippen LogP contribution in [0.3, 0.4) is 0 Å². The smallest absolute Gasteiger partial charge is 0.267 e. The molecule has 0 atom stereocenters. The zero-order chi connectivity index (χ0) is 13.4. The summed E-state index contributed by atoms with van der Waals surface area (Å²) in [5, 5.41) is 0.596. The highest BCUT2D eigenvalue weighted by molar-refractivity contribution is 7.71. The summed E-state index contributed by atoms with van der Waals surface area (Å²) in [7, 11) is 0. The van der Waals surface area contributed by atoms with Gasteiger partial charge in [-0.15, -0.1) is 0 Å². The van der Waals surface area contributed by atoms with E-state index in [1.165, 1.54) is 4.57 Å². The van der Waals surface area contributed by atoms with Gasteiger partial charge in [0.1, 0.15) is 5.82 Å². The highest BCUT2D eigenvalue weighted by Gasteiger charge is 2.07. The zero-order valence-electron chi connectivity index (χ0n) is 10.3. The van der Waals surface area contributed by atoms with Crippen molar-refractivity contribution in [3.05, 3.63) is 63.3 Å². The molecule has 5 heteroatoms. The van der Waals surface area contributed by atoms with E-state index in [1.807, 2.05) is 31.2 Å². The second kappa shape index (κ2) is 4.44. The third-order valence-corrected chi connectivity index (χ3v) is 3.21. The molecule has 3 aromatic rings. The maximum absolute atomic E-state index is 12.5. The second-order valence-electron chi connectivity index (χ2n) is 4.31. The monoisotopic (exact) mass is 269 g/mol. The highest BCUT2D eigenvalue weighted by atomic mass is 32.1. The first-order valence-electron chi connectivity index (χ1n) is 5.84. The minimum Gasteiger partial charge on any atom is -0.331 e.